The second-order valence-corrected chi connectivity index (χ2v) is 20.3. The number of aromatic nitrogens is 20. The number of hydrogen-bond donors (Lipinski definition) is 11. The van der Waals surface area contributed by atoms with Crippen molar-refractivity contribution in [3.63, 3.8) is 0 Å². The molecule has 0 amide bonds. The molecule has 10 aromatic heterocycles. The molecule has 10 rings (SSSR count). The summed E-state index contributed by atoms with van der Waals surface area (Å²) in [5.74, 6) is 24.1. The van der Waals surface area contributed by atoms with Crippen molar-refractivity contribution in [2.45, 2.75) is 133 Å². The molecule has 0 bridgehead atoms. The third-order valence-corrected chi connectivity index (χ3v) is 14.1. The average Bonchev–Trinajstić information content (AvgIpc) is 1.55. The molecule has 0 aliphatic carbocycles. The molecule has 0 aromatic carbocycles. The lowest BCUT2D eigenvalue weighted by Crippen LogP contribution is -2.16. The van der Waals surface area contributed by atoms with Gasteiger partial charge in [0.25, 0.3) is 0 Å². The van der Waals surface area contributed by atoms with Gasteiger partial charge in [0.15, 0.2) is 28.5 Å². The molecule has 0 aliphatic rings. The van der Waals surface area contributed by atoms with Gasteiger partial charge in [-0.2, -0.15) is 91.3 Å². The van der Waals surface area contributed by atoms with Crippen molar-refractivity contribution in [1.29, 1.82) is 0 Å². The van der Waals surface area contributed by atoms with Gasteiger partial charge in [0.1, 0.15) is 0 Å². The fourth-order valence-electron chi connectivity index (χ4n) is 9.06. The van der Waals surface area contributed by atoms with E-state index in [4.69, 9.17) is 34.3 Å². The number of aliphatic hydroxyl groups excluding tert-OH is 1. The predicted molar refractivity (Wildman–Crippen MR) is 341 cm³/mol. The Morgan fingerprint density at radius 2 is 0.422 bits per heavy atom. The summed E-state index contributed by atoms with van der Waals surface area (Å²) in [6.07, 6.45) is -15.5. The van der Waals surface area contributed by atoms with Crippen LogP contribution in [0.3, 0.4) is 0 Å². The summed E-state index contributed by atoms with van der Waals surface area (Å²) in [5.41, 5.74) is 11.7. The van der Waals surface area contributed by atoms with Crippen LogP contribution in [0.15, 0.2) is 61.3 Å². The third-order valence-electron chi connectivity index (χ3n) is 14.1. The SMILES string of the molecule is CCn1ncc(-c2cc(C(F)(F)F)nc(NN)n2)c1C.CCn1ncc(-c2cc(C(F)(F)F)nc(NN)n2)c1C.CCn1ncc(-c2cc(C(F)(F)F)nc(NN)n2)c1C.CCn1ncc(-c2cc(C(F)(F)F)nc(NN)n2)c1C.CCn1ncc(-c2cc(C(F)(F)F)nc(NN)n2)c1C.CO. The van der Waals surface area contributed by atoms with Crippen molar-refractivity contribution in [3.8, 4) is 56.3 Å². The van der Waals surface area contributed by atoms with Gasteiger partial charge in [0, 0.05) is 96.1 Å². The summed E-state index contributed by atoms with van der Waals surface area (Å²) < 4.78 is 200. The van der Waals surface area contributed by atoms with Gasteiger partial charge < -0.3 is 5.11 Å². The lowest BCUT2D eigenvalue weighted by molar-refractivity contribution is -0.141. The van der Waals surface area contributed by atoms with Crippen LogP contribution in [0.4, 0.5) is 95.6 Å². The van der Waals surface area contributed by atoms with Crippen LogP contribution < -0.4 is 56.3 Å². The van der Waals surface area contributed by atoms with Crippen molar-refractivity contribution >= 4 is 29.7 Å². The molecule has 10 aromatic rings. The highest BCUT2D eigenvalue weighted by atomic mass is 19.4. The molecule has 0 fully saturated rings. The Bertz CT molecular complexity index is 3740. The number of aliphatic hydroxyl groups is 1. The van der Waals surface area contributed by atoms with Crippen molar-refractivity contribution in [2.24, 2.45) is 29.2 Å². The minimum absolute atomic E-state index is 0.123. The van der Waals surface area contributed by atoms with Crippen LogP contribution in [0, 0.1) is 34.6 Å². The summed E-state index contributed by atoms with van der Waals surface area (Å²) >= 11 is 0. The Morgan fingerprint density at radius 1 is 0.284 bits per heavy atom. The van der Waals surface area contributed by atoms with E-state index in [9.17, 15) is 65.9 Å². The number of rotatable bonds is 15. The van der Waals surface area contributed by atoms with Crippen LogP contribution in [0.5, 0.6) is 0 Å². The van der Waals surface area contributed by atoms with Gasteiger partial charge >= 0.3 is 30.9 Å². The van der Waals surface area contributed by atoms with Gasteiger partial charge in [-0.1, -0.05) is 0 Å². The third kappa shape index (κ3) is 20.4. The fourth-order valence-corrected chi connectivity index (χ4v) is 9.06. The number of anilines is 5. The van der Waals surface area contributed by atoms with E-state index in [0.29, 0.717) is 60.5 Å². The number of hydrogen-bond acceptors (Lipinski definition) is 26. The van der Waals surface area contributed by atoms with Crippen LogP contribution in [0.1, 0.15) is 91.6 Å². The highest BCUT2D eigenvalue weighted by molar-refractivity contribution is 5.66. The number of nitrogen functional groups attached to an aromatic ring is 5. The Labute approximate surface area is 568 Å². The van der Waals surface area contributed by atoms with Crippen LogP contribution in [0.25, 0.3) is 56.3 Å². The molecule has 0 saturated carbocycles. The van der Waals surface area contributed by atoms with E-state index in [-0.39, 0.29) is 58.2 Å². The first-order valence-corrected chi connectivity index (χ1v) is 29.6. The van der Waals surface area contributed by atoms with Crippen molar-refractivity contribution in [1.82, 2.24) is 98.7 Å². The molecule has 0 unspecified atom stereocenters. The highest BCUT2D eigenvalue weighted by Crippen LogP contribution is 2.37. The van der Waals surface area contributed by atoms with Gasteiger partial charge in [-0.05, 0) is 99.6 Å². The number of nitrogens with zero attached hydrogens (tertiary/aromatic N) is 20. The Morgan fingerprint density at radius 3 is 0.520 bits per heavy atom. The molecule has 0 saturated heterocycles. The molecule has 554 valence electrons. The topological polar surface area (TPSA) is 428 Å². The molecule has 10 heterocycles. The molecular formula is C56H69F15N30O. The Balaban J connectivity index is 0.000000228. The molecule has 0 atom stereocenters. The van der Waals surface area contributed by atoms with Gasteiger partial charge in [-0.15, -0.1) is 0 Å². The first-order chi connectivity index (χ1) is 47.8. The largest absolute Gasteiger partial charge is 0.433 e. The van der Waals surface area contributed by atoms with Gasteiger partial charge in [0.2, 0.25) is 29.7 Å². The van der Waals surface area contributed by atoms with Gasteiger partial charge in [-0.3, -0.25) is 50.5 Å². The molecule has 0 aliphatic heterocycles. The molecule has 0 radical (unpaired) electrons. The molecule has 0 spiro atoms. The number of nitrogens with one attached hydrogen (secondary N) is 5. The highest BCUT2D eigenvalue weighted by Gasteiger charge is 2.38. The standard InChI is InChI=1S/5C11H13F3N6.CH4O/c5*1-3-20-6(2)7(5-16-20)8-4-9(11(12,13)14)18-10(17-8)19-15;1-2/h5*4-5H,3,15H2,1-2H3,(H,17,18,19);2H,1H3. The van der Waals surface area contributed by atoms with E-state index >= 15 is 0 Å². The number of halogens is 15. The van der Waals surface area contributed by atoms with Gasteiger partial charge in [0.05, 0.1) is 59.5 Å². The molecule has 16 N–H and O–H groups in total. The Kier molecular flexibility index (Phi) is 27.7. The monoisotopic (exact) mass is 1460 g/mol. The predicted octanol–water partition coefficient (Wildman–Crippen LogP) is 9.47. The average molecular weight is 1460 g/mol. The second-order valence-electron chi connectivity index (χ2n) is 20.3. The molecular weight excluding hydrogens is 1390 g/mol. The van der Waals surface area contributed by atoms with Crippen molar-refractivity contribution < 1.29 is 71.0 Å². The fraction of sp³-hybridized carbons (Fsp3) is 0.375. The molecule has 102 heavy (non-hydrogen) atoms. The van der Waals surface area contributed by atoms with Crippen LogP contribution >= 0.6 is 0 Å². The number of aryl methyl sites for hydroxylation is 5. The van der Waals surface area contributed by atoms with Gasteiger partial charge in [-0.25, -0.2) is 79.1 Å². The summed E-state index contributed by atoms with van der Waals surface area (Å²) in [5, 5.41) is 27.4. The quantitative estimate of drug-likeness (QED) is 0.0258. The van der Waals surface area contributed by atoms with E-state index < -0.39 is 59.4 Å². The van der Waals surface area contributed by atoms with E-state index in [1.165, 1.54) is 31.0 Å². The number of nitrogens with two attached hydrogens (primary N) is 5. The zero-order valence-electron chi connectivity index (χ0n) is 55.8. The molecule has 46 heteroatoms. The lowest BCUT2D eigenvalue weighted by Gasteiger charge is -2.10. The first kappa shape index (κ1) is 81.8. The normalized spacial score (nSPS) is 11.5. The van der Waals surface area contributed by atoms with E-state index in [1.54, 1.807) is 58.0 Å². The summed E-state index contributed by atoms with van der Waals surface area (Å²) in [6, 6.07) is 4.40. The van der Waals surface area contributed by atoms with E-state index in [1.807, 2.05) is 61.7 Å². The van der Waals surface area contributed by atoms with E-state index in [0.717, 1.165) is 65.9 Å². The number of hydrazine groups is 5. The second kappa shape index (κ2) is 34.5. The lowest BCUT2D eigenvalue weighted by atomic mass is 10.1. The maximum atomic E-state index is 12.8. The Hall–Kier alpha value is -10.8. The minimum atomic E-state index is -4.57. The smallest absolute Gasteiger partial charge is 0.400 e. The first-order valence-electron chi connectivity index (χ1n) is 29.6. The minimum Gasteiger partial charge on any atom is -0.400 e. The van der Waals surface area contributed by atoms with Crippen LogP contribution in [-0.2, 0) is 63.6 Å². The van der Waals surface area contributed by atoms with E-state index in [2.05, 4.69) is 75.3 Å². The number of alkyl halides is 15. The maximum Gasteiger partial charge on any atom is 0.433 e. The summed E-state index contributed by atoms with van der Waals surface area (Å²) in [6.45, 7) is 21.3. The molecule has 31 nitrogen and oxygen atoms in total. The van der Waals surface area contributed by atoms with Crippen molar-refractivity contribution in [3.05, 3.63) is 118 Å². The maximum absolute atomic E-state index is 12.8. The summed E-state index contributed by atoms with van der Waals surface area (Å²) in [4.78, 5) is 36.2. The van der Waals surface area contributed by atoms with Crippen molar-refractivity contribution in [2.75, 3.05) is 34.2 Å². The van der Waals surface area contributed by atoms with Crippen LogP contribution in [-0.4, -0.2) is 111 Å². The van der Waals surface area contributed by atoms with Crippen LogP contribution in [0.2, 0.25) is 0 Å². The summed E-state index contributed by atoms with van der Waals surface area (Å²) in [7, 11) is 1.00. The zero-order chi connectivity index (χ0) is 76.6. The zero-order valence-corrected chi connectivity index (χ0v) is 55.8.